The summed E-state index contributed by atoms with van der Waals surface area (Å²) in [7, 11) is 0. The molecule has 0 aliphatic rings. The molecule has 0 saturated heterocycles. The first kappa shape index (κ1) is 11.3. The van der Waals surface area contributed by atoms with Crippen molar-refractivity contribution in [1.82, 2.24) is 4.98 Å². The van der Waals surface area contributed by atoms with Crippen molar-refractivity contribution in [2.24, 2.45) is 0 Å². The van der Waals surface area contributed by atoms with Crippen LogP contribution in [0.1, 0.15) is 0 Å². The van der Waals surface area contributed by atoms with E-state index < -0.39 is 0 Å². The molecule has 3 N–H and O–H groups in total. The lowest BCUT2D eigenvalue weighted by Crippen LogP contribution is -2.09. The molecule has 1 heterocycles. The van der Waals surface area contributed by atoms with E-state index in [4.69, 9.17) is 0 Å². The molecule has 0 aliphatic carbocycles. The Balaban J connectivity index is 2.39. The molecular weight excluding hydrogens is 242 g/mol. The maximum absolute atomic E-state index is 12.1. The molecule has 4 nitrogen and oxygen atoms in total. The number of benzene rings is 2. The first-order chi connectivity index (χ1) is 9.16. The summed E-state index contributed by atoms with van der Waals surface area (Å²) in [6, 6.07) is 13.4. The average Bonchev–Trinajstić information content (AvgIpc) is 2.39. The summed E-state index contributed by atoms with van der Waals surface area (Å²) in [5.74, 6) is -0.0417. The third-order valence-corrected chi connectivity index (χ3v) is 3.03. The minimum atomic E-state index is -0.387. The monoisotopic (exact) mass is 253 g/mol. The molecule has 0 saturated carbocycles. The van der Waals surface area contributed by atoms with Gasteiger partial charge in [0.05, 0.1) is 11.1 Å². The SMILES string of the molecule is O=c1[nH]c2cc(O)ccc2c(O)c1-c1ccccc1. The number of hydrogen-bond acceptors (Lipinski definition) is 3. The number of hydrogen-bond donors (Lipinski definition) is 3. The van der Waals surface area contributed by atoms with Crippen molar-refractivity contribution in [3.05, 3.63) is 58.9 Å². The van der Waals surface area contributed by atoms with Crippen molar-refractivity contribution in [2.75, 3.05) is 0 Å². The van der Waals surface area contributed by atoms with Crippen molar-refractivity contribution >= 4 is 10.9 Å². The summed E-state index contributed by atoms with van der Waals surface area (Å²) in [6.45, 7) is 0. The van der Waals surface area contributed by atoms with Gasteiger partial charge in [0.2, 0.25) is 0 Å². The Labute approximate surface area is 108 Å². The van der Waals surface area contributed by atoms with Crippen LogP contribution in [-0.4, -0.2) is 15.2 Å². The number of phenolic OH excluding ortho intramolecular Hbond substituents is 1. The molecule has 0 unspecified atom stereocenters. The molecule has 0 atom stereocenters. The molecular formula is C15H11NO3. The molecule has 0 spiro atoms. The zero-order valence-corrected chi connectivity index (χ0v) is 9.92. The van der Waals surface area contributed by atoms with Gasteiger partial charge >= 0.3 is 0 Å². The van der Waals surface area contributed by atoms with Gasteiger partial charge in [-0.15, -0.1) is 0 Å². The summed E-state index contributed by atoms with van der Waals surface area (Å²) in [4.78, 5) is 14.7. The Morgan fingerprint density at radius 3 is 2.42 bits per heavy atom. The first-order valence-electron chi connectivity index (χ1n) is 5.80. The highest BCUT2D eigenvalue weighted by Gasteiger charge is 2.13. The molecule has 2 aromatic carbocycles. The van der Waals surface area contributed by atoms with Gasteiger partial charge in [-0.25, -0.2) is 0 Å². The van der Waals surface area contributed by atoms with Gasteiger partial charge in [0.25, 0.3) is 5.56 Å². The Morgan fingerprint density at radius 2 is 1.68 bits per heavy atom. The van der Waals surface area contributed by atoms with Crippen molar-refractivity contribution in [1.29, 1.82) is 0 Å². The molecule has 0 radical (unpaired) electrons. The van der Waals surface area contributed by atoms with E-state index in [-0.39, 0.29) is 22.6 Å². The maximum atomic E-state index is 12.1. The molecule has 3 aromatic rings. The van der Waals surface area contributed by atoms with Crippen LogP contribution in [0, 0.1) is 0 Å². The van der Waals surface area contributed by atoms with Crippen molar-refractivity contribution in [3.63, 3.8) is 0 Å². The molecule has 1 aromatic heterocycles. The zero-order chi connectivity index (χ0) is 13.4. The minimum Gasteiger partial charge on any atom is -0.508 e. The molecule has 0 amide bonds. The van der Waals surface area contributed by atoms with Gasteiger partial charge in [-0.05, 0) is 17.7 Å². The fraction of sp³-hybridized carbons (Fsp3) is 0. The third-order valence-electron chi connectivity index (χ3n) is 3.03. The molecule has 0 bridgehead atoms. The molecule has 4 heteroatoms. The second-order valence-electron chi connectivity index (χ2n) is 4.27. The smallest absolute Gasteiger partial charge is 0.260 e. The van der Waals surface area contributed by atoms with Crippen LogP contribution in [0.15, 0.2) is 53.3 Å². The van der Waals surface area contributed by atoms with Gasteiger partial charge in [-0.3, -0.25) is 4.79 Å². The summed E-state index contributed by atoms with van der Waals surface area (Å²) in [5.41, 5.74) is 0.902. The molecule has 0 aliphatic heterocycles. The number of aromatic nitrogens is 1. The van der Waals surface area contributed by atoms with Crippen LogP contribution in [0.4, 0.5) is 0 Å². The van der Waals surface area contributed by atoms with Gasteiger partial charge in [0.1, 0.15) is 11.5 Å². The second-order valence-corrected chi connectivity index (χ2v) is 4.27. The number of fused-ring (bicyclic) bond motifs is 1. The average molecular weight is 253 g/mol. The van der Waals surface area contributed by atoms with Gasteiger partial charge in [-0.2, -0.15) is 0 Å². The predicted octanol–water partition coefficient (Wildman–Crippen LogP) is 2.61. The molecule has 19 heavy (non-hydrogen) atoms. The van der Waals surface area contributed by atoms with E-state index in [0.29, 0.717) is 16.5 Å². The van der Waals surface area contributed by atoms with E-state index in [2.05, 4.69) is 4.98 Å². The number of nitrogens with one attached hydrogen (secondary N) is 1. The minimum absolute atomic E-state index is 0.0370. The van der Waals surface area contributed by atoms with Gasteiger partial charge in [-0.1, -0.05) is 30.3 Å². The first-order valence-corrected chi connectivity index (χ1v) is 5.80. The van der Waals surface area contributed by atoms with Crippen molar-refractivity contribution in [2.45, 2.75) is 0 Å². The number of pyridine rings is 1. The fourth-order valence-corrected chi connectivity index (χ4v) is 2.14. The molecule has 94 valence electrons. The Hall–Kier alpha value is -2.75. The standard InChI is InChI=1S/C15H11NO3/c17-10-6-7-11-12(8-10)16-15(19)13(14(11)18)9-4-2-1-3-5-9/h1-8,17H,(H2,16,18,19). The highest BCUT2D eigenvalue weighted by atomic mass is 16.3. The topological polar surface area (TPSA) is 73.3 Å². The van der Waals surface area contributed by atoms with E-state index >= 15 is 0 Å². The van der Waals surface area contributed by atoms with Crippen LogP contribution in [0.5, 0.6) is 11.5 Å². The van der Waals surface area contributed by atoms with Crippen LogP contribution >= 0.6 is 0 Å². The van der Waals surface area contributed by atoms with Gasteiger partial charge < -0.3 is 15.2 Å². The van der Waals surface area contributed by atoms with E-state index in [1.807, 2.05) is 6.07 Å². The highest BCUT2D eigenvalue weighted by Crippen LogP contribution is 2.32. The summed E-state index contributed by atoms with van der Waals surface area (Å²) < 4.78 is 0. The lowest BCUT2D eigenvalue weighted by molar-refractivity contribution is 0.475. The normalized spacial score (nSPS) is 10.7. The van der Waals surface area contributed by atoms with Crippen LogP contribution in [0.2, 0.25) is 0 Å². The zero-order valence-electron chi connectivity index (χ0n) is 9.92. The third kappa shape index (κ3) is 1.83. The largest absolute Gasteiger partial charge is 0.508 e. The molecule has 3 rings (SSSR count). The van der Waals surface area contributed by atoms with Gasteiger partial charge in [0, 0.05) is 11.5 Å². The number of phenols is 1. The van der Waals surface area contributed by atoms with Crippen LogP contribution in [0.3, 0.4) is 0 Å². The number of H-pyrrole nitrogens is 1. The van der Waals surface area contributed by atoms with Crippen molar-refractivity contribution < 1.29 is 10.2 Å². The number of rotatable bonds is 1. The van der Waals surface area contributed by atoms with Crippen LogP contribution < -0.4 is 5.56 Å². The lowest BCUT2D eigenvalue weighted by atomic mass is 10.0. The van der Waals surface area contributed by atoms with E-state index in [1.54, 1.807) is 30.3 Å². The maximum Gasteiger partial charge on any atom is 0.260 e. The fourth-order valence-electron chi connectivity index (χ4n) is 2.14. The number of aromatic hydroxyl groups is 2. The summed E-state index contributed by atoms with van der Waals surface area (Å²) >= 11 is 0. The lowest BCUT2D eigenvalue weighted by Gasteiger charge is -2.07. The summed E-state index contributed by atoms with van der Waals surface area (Å²) in [6.07, 6.45) is 0. The van der Waals surface area contributed by atoms with Crippen molar-refractivity contribution in [3.8, 4) is 22.6 Å². The van der Waals surface area contributed by atoms with E-state index in [0.717, 1.165) is 0 Å². The predicted molar refractivity (Wildman–Crippen MR) is 73.3 cm³/mol. The van der Waals surface area contributed by atoms with E-state index in [1.165, 1.54) is 12.1 Å². The Bertz CT molecular complexity index is 807. The number of aromatic amines is 1. The van der Waals surface area contributed by atoms with E-state index in [9.17, 15) is 15.0 Å². The van der Waals surface area contributed by atoms with Crippen LogP contribution in [0.25, 0.3) is 22.0 Å². The Morgan fingerprint density at radius 1 is 0.947 bits per heavy atom. The highest BCUT2D eigenvalue weighted by molar-refractivity contribution is 5.92. The summed E-state index contributed by atoms with van der Waals surface area (Å²) in [5, 5.41) is 20.2. The Kier molecular flexibility index (Phi) is 2.49. The second kappa shape index (κ2) is 4.17. The van der Waals surface area contributed by atoms with Gasteiger partial charge in [0.15, 0.2) is 0 Å². The molecule has 0 fully saturated rings. The quantitative estimate of drug-likeness (QED) is 0.624. The van der Waals surface area contributed by atoms with Crippen LogP contribution in [-0.2, 0) is 0 Å².